The number of H-pyrrole nitrogens is 1. The minimum atomic E-state index is -0.612. The van der Waals surface area contributed by atoms with E-state index in [2.05, 4.69) is 15.3 Å². The van der Waals surface area contributed by atoms with Gasteiger partial charge in [0, 0.05) is 5.02 Å². The minimum Gasteiger partial charge on any atom is -0.342 e. The number of carbonyl (C=O) groups is 1. The highest BCUT2D eigenvalue weighted by molar-refractivity contribution is 6.31. The smallest absolute Gasteiger partial charge is 0.254 e. The van der Waals surface area contributed by atoms with Gasteiger partial charge in [-0.1, -0.05) is 23.7 Å². The lowest BCUT2D eigenvalue weighted by molar-refractivity contribution is 0.0934. The molecule has 6 heteroatoms. The molecule has 0 saturated carbocycles. The number of nitrogens with one attached hydrogen (secondary N) is 2. The van der Waals surface area contributed by atoms with Crippen LogP contribution in [0.4, 0.5) is 4.39 Å². The molecule has 0 bridgehead atoms. The summed E-state index contributed by atoms with van der Waals surface area (Å²) < 4.78 is 13.7. The molecular formula is C16H13ClFN3O. The van der Waals surface area contributed by atoms with Crippen molar-refractivity contribution < 1.29 is 9.18 Å². The summed E-state index contributed by atoms with van der Waals surface area (Å²) in [5, 5.41) is 3.02. The third kappa shape index (κ3) is 2.80. The van der Waals surface area contributed by atoms with Gasteiger partial charge in [-0.25, -0.2) is 9.37 Å². The highest BCUT2D eigenvalue weighted by Crippen LogP contribution is 2.18. The third-order valence-electron chi connectivity index (χ3n) is 3.34. The molecule has 3 rings (SSSR count). The van der Waals surface area contributed by atoms with Crippen LogP contribution in [0.3, 0.4) is 0 Å². The molecule has 4 nitrogen and oxygen atoms in total. The number of hydrogen-bond acceptors (Lipinski definition) is 2. The number of benzene rings is 2. The normalized spacial score (nSPS) is 12.3. The Morgan fingerprint density at radius 1 is 1.32 bits per heavy atom. The molecule has 1 amide bonds. The van der Waals surface area contributed by atoms with Crippen LogP contribution in [0.25, 0.3) is 11.0 Å². The van der Waals surface area contributed by atoms with E-state index in [-0.39, 0.29) is 5.56 Å². The minimum absolute atomic E-state index is 0.0875. The highest BCUT2D eigenvalue weighted by atomic mass is 35.5. The molecular weight excluding hydrogens is 305 g/mol. The number of para-hydroxylation sites is 2. The molecule has 0 radical (unpaired) electrons. The molecule has 1 heterocycles. The van der Waals surface area contributed by atoms with E-state index in [9.17, 15) is 9.18 Å². The molecule has 112 valence electrons. The second-order valence-electron chi connectivity index (χ2n) is 4.96. The highest BCUT2D eigenvalue weighted by Gasteiger charge is 2.17. The maximum atomic E-state index is 13.7. The van der Waals surface area contributed by atoms with Gasteiger partial charge in [0.25, 0.3) is 5.91 Å². The predicted molar refractivity (Wildman–Crippen MR) is 83.4 cm³/mol. The first-order valence-corrected chi connectivity index (χ1v) is 7.13. The zero-order chi connectivity index (χ0) is 15.7. The van der Waals surface area contributed by atoms with Crippen molar-refractivity contribution in [3.63, 3.8) is 0 Å². The Bertz CT molecular complexity index is 813. The first-order chi connectivity index (χ1) is 10.5. The Morgan fingerprint density at radius 3 is 2.86 bits per heavy atom. The molecule has 0 aliphatic rings. The van der Waals surface area contributed by atoms with Gasteiger partial charge < -0.3 is 10.3 Å². The average molecular weight is 318 g/mol. The fraction of sp³-hybridized carbons (Fsp3) is 0.125. The summed E-state index contributed by atoms with van der Waals surface area (Å²) in [7, 11) is 0. The van der Waals surface area contributed by atoms with Gasteiger partial charge in [-0.2, -0.15) is 0 Å². The van der Waals surface area contributed by atoms with E-state index in [1.54, 1.807) is 6.92 Å². The van der Waals surface area contributed by atoms with Crippen LogP contribution in [0, 0.1) is 5.82 Å². The number of rotatable bonds is 3. The lowest BCUT2D eigenvalue weighted by atomic mass is 10.2. The van der Waals surface area contributed by atoms with Crippen LogP contribution in [0.15, 0.2) is 42.5 Å². The molecule has 3 aromatic rings. The topological polar surface area (TPSA) is 57.8 Å². The monoisotopic (exact) mass is 317 g/mol. The molecule has 22 heavy (non-hydrogen) atoms. The summed E-state index contributed by atoms with van der Waals surface area (Å²) in [6.07, 6.45) is 0. The van der Waals surface area contributed by atoms with E-state index >= 15 is 0 Å². The average Bonchev–Trinajstić information content (AvgIpc) is 2.93. The third-order valence-corrected chi connectivity index (χ3v) is 3.57. The summed E-state index contributed by atoms with van der Waals surface area (Å²) in [5.41, 5.74) is 1.61. The van der Waals surface area contributed by atoms with E-state index in [1.165, 1.54) is 18.2 Å². The first kappa shape index (κ1) is 14.5. The quantitative estimate of drug-likeness (QED) is 0.771. The number of aromatic nitrogens is 2. The van der Waals surface area contributed by atoms with Gasteiger partial charge in [-0.15, -0.1) is 0 Å². The van der Waals surface area contributed by atoms with Crippen LogP contribution in [-0.4, -0.2) is 15.9 Å². The summed E-state index contributed by atoms with van der Waals surface area (Å²) in [6.45, 7) is 1.78. The molecule has 0 saturated heterocycles. The van der Waals surface area contributed by atoms with Gasteiger partial charge >= 0.3 is 0 Å². The fourth-order valence-electron chi connectivity index (χ4n) is 2.19. The Hall–Kier alpha value is -2.40. The Kier molecular flexibility index (Phi) is 3.81. The molecule has 1 atom stereocenters. The molecule has 0 aliphatic carbocycles. The molecule has 2 N–H and O–H groups in total. The molecule has 0 aliphatic heterocycles. The molecule has 1 aromatic heterocycles. The maximum Gasteiger partial charge on any atom is 0.254 e. The summed E-state index contributed by atoms with van der Waals surface area (Å²) in [5.74, 6) is -0.538. The number of imidazole rings is 1. The van der Waals surface area contributed by atoms with Gasteiger partial charge in [0.2, 0.25) is 0 Å². The SMILES string of the molecule is CC(NC(=O)c1cc(Cl)ccc1F)c1nc2ccccc2[nH]1. The van der Waals surface area contributed by atoms with Crippen LogP contribution >= 0.6 is 11.6 Å². The van der Waals surface area contributed by atoms with Crippen molar-refractivity contribution in [1.29, 1.82) is 0 Å². The van der Waals surface area contributed by atoms with Crippen molar-refractivity contribution in [2.75, 3.05) is 0 Å². The van der Waals surface area contributed by atoms with Crippen molar-refractivity contribution >= 4 is 28.5 Å². The largest absolute Gasteiger partial charge is 0.342 e. The van der Waals surface area contributed by atoms with Crippen LogP contribution in [0.5, 0.6) is 0 Å². The van der Waals surface area contributed by atoms with Crippen LogP contribution in [0.2, 0.25) is 5.02 Å². The van der Waals surface area contributed by atoms with Crippen molar-refractivity contribution in [1.82, 2.24) is 15.3 Å². The zero-order valence-corrected chi connectivity index (χ0v) is 12.5. The number of hydrogen-bond donors (Lipinski definition) is 2. The number of carbonyl (C=O) groups excluding carboxylic acids is 1. The van der Waals surface area contributed by atoms with Gasteiger partial charge in [-0.05, 0) is 37.3 Å². The van der Waals surface area contributed by atoms with Gasteiger partial charge in [-0.3, -0.25) is 4.79 Å². The standard InChI is InChI=1S/C16H13ClFN3O/c1-9(15-20-13-4-2-3-5-14(13)21-15)19-16(22)11-8-10(17)6-7-12(11)18/h2-9H,1H3,(H,19,22)(H,20,21). The first-order valence-electron chi connectivity index (χ1n) is 6.75. The van der Waals surface area contributed by atoms with Crippen LogP contribution in [0.1, 0.15) is 29.1 Å². The second-order valence-corrected chi connectivity index (χ2v) is 5.39. The molecule has 2 aromatic carbocycles. The van der Waals surface area contributed by atoms with Gasteiger partial charge in [0.15, 0.2) is 0 Å². The Labute approximate surface area is 131 Å². The lowest BCUT2D eigenvalue weighted by Crippen LogP contribution is -2.28. The zero-order valence-electron chi connectivity index (χ0n) is 11.7. The Morgan fingerprint density at radius 2 is 2.09 bits per heavy atom. The summed E-state index contributed by atoms with van der Waals surface area (Å²) in [6, 6.07) is 11.0. The van der Waals surface area contributed by atoms with Crippen molar-refractivity contribution in [3.05, 3.63) is 64.7 Å². The maximum absolute atomic E-state index is 13.7. The van der Waals surface area contributed by atoms with Crippen LogP contribution < -0.4 is 5.32 Å². The van der Waals surface area contributed by atoms with Crippen molar-refractivity contribution in [3.8, 4) is 0 Å². The Balaban J connectivity index is 1.82. The van der Waals surface area contributed by atoms with E-state index in [0.717, 1.165) is 11.0 Å². The van der Waals surface area contributed by atoms with Crippen molar-refractivity contribution in [2.45, 2.75) is 13.0 Å². The van der Waals surface area contributed by atoms with E-state index in [0.29, 0.717) is 10.8 Å². The fourth-order valence-corrected chi connectivity index (χ4v) is 2.36. The van der Waals surface area contributed by atoms with Crippen molar-refractivity contribution in [2.24, 2.45) is 0 Å². The lowest BCUT2D eigenvalue weighted by Gasteiger charge is -2.12. The summed E-state index contributed by atoms with van der Waals surface area (Å²) in [4.78, 5) is 19.7. The number of amides is 1. The number of aromatic amines is 1. The number of nitrogens with zero attached hydrogens (tertiary/aromatic N) is 1. The van der Waals surface area contributed by atoms with E-state index < -0.39 is 17.8 Å². The molecule has 1 unspecified atom stereocenters. The predicted octanol–water partition coefficient (Wildman–Crippen LogP) is 3.85. The summed E-state index contributed by atoms with van der Waals surface area (Å²) >= 11 is 5.80. The molecule has 0 fully saturated rings. The second kappa shape index (κ2) is 5.77. The van der Waals surface area contributed by atoms with E-state index in [1.807, 2.05) is 24.3 Å². The van der Waals surface area contributed by atoms with E-state index in [4.69, 9.17) is 11.6 Å². The van der Waals surface area contributed by atoms with Crippen LogP contribution in [-0.2, 0) is 0 Å². The molecule has 0 spiro atoms. The van der Waals surface area contributed by atoms with Gasteiger partial charge in [0.1, 0.15) is 11.6 Å². The number of halogens is 2. The number of fused-ring (bicyclic) bond motifs is 1. The van der Waals surface area contributed by atoms with Gasteiger partial charge in [0.05, 0.1) is 22.6 Å².